The number of nitrogens with one attached hydrogen (secondary N) is 1. The molecule has 6 nitrogen and oxygen atoms in total. The number of nitrogens with zero attached hydrogens (tertiary/aromatic N) is 3. The van der Waals surface area contributed by atoms with Gasteiger partial charge in [0.25, 0.3) is 0 Å². The van der Waals surface area contributed by atoms with E-state index in [4.69, 9.17) is 0 Å². The summed E-state index contributed by atoms with van der Waals surface area (Å²) in [7, 11) is 0. The van der Waals surface area contributed by atoms with Gasteiger partial charge in [-0.05, 0) is 38.6 Å². The second-order valence-electron chi connectivity index (χ2n) is 8.50. The van der Waals surface area contributed by atoms with E-state index in [1.807, 2.05) is 48.1 Å². The Morgan fingerprint density at radius 1 is 0.914 bits per heavy atom. The topological polar surface area (TPSA) is 65.0 Å². The summed E-state index contributed by atoms with van der Waals surface area (Å²) in [6.07, 6.45) is 21.5. The van der Waals surface area contributed by atoms with Gasteiger partial charge >= 0.3 is 0 Å². The first kappa shape index (κ1) is 35.5. The van der Waals surface area contributed by atoms with Crippen LogP contribution in [-0.4, -0.2) is 66.5 Å². The van der Waals surface area contributed by atoms with Crippen molar-refractivity contribution in [3.05, 3.63) is 24.9 Å². The lowest BCUT2D eigenvalue weighted by Gasteiger charge is -2.22. The van der Waals surface area contributed by atoms with Gasteiger partial charge in [0.2, 0.25) is 11.8 Å². The van der Waals surface area contributed by atoms with E-state index in [2.05, 4.69) is 39.7 Å². The Hall–Kier alpha value is -1.63. The molecule has 0 aliphatic heterocycles. The molecule has 0 bridgehead atoms. The van der Waals surface area contributed by atoms with Gasteiger partial charge in [-0.1, -0.05) is 93.3 Å². The summed E-state index contributed by atoms with van der Waals surface area (Å²) in [4.78, 5) is 32.2. The van der Waals surface area contributed by atoms with Crippen LogP contribution >= 0.6 is 15.9 Å². The molecule has 0 aromatic rings. The highest BCUT2D eigenvalue weighted by Gasteiger charge is 2.12. The summed E-state index contributed by atoms with van der Waals surface area (Å²) < 4.78 is 0. The summed E-state index contributed by atoms with van der Waals surface area (Å²) in [5.74, 6) is 1.76. The number of allylic oxidation sites excluding steroid dienone is 1. The molecule has 7 heteroatoms. The van der Waals surface area contributed by atoms with Gasteiger partial charge in [0.1, 0.15) is 0 Å². The van der Waals surface area contributed by atoms with Crippen molar-refractivity contribution in [2.75, 3.05) is 38.6 Å². The van der Waals surface area contributed by atoms with Gasteiger partial charge in [-0.15, -0.1) is 0 Å². The molecule has 204 valence electrons. The van der Waals surface area contributed by atoms with Crippen LogP contribution in [0.15, 0.2) is 29.9 Å². The van der Waals surface area contributed by atoms with Crippen molar-refractivity contribution < 1.29 is 9.59 Å². The molecule has 0 aromatic heterocycles. The molecule has 0 atom stereocenters. The Balaban J connectivity index is 0. The van der Waals surface area contributed by atoms with Gasteiger partial charge in [0.15, 0.2) is 0 Å². The quantitative estimate of drug-likeness (QED) is 0.0529. The standard InChI is InChI=1S/C27H50N4O2.CH3Br/c1-5-9-10-11-12-13-14-15-16-17-20-28-25-30(22-6-2)24-19-27(33)31(8-4)23-18-21-29-26(32)7-3;1-2/h6-7,22,25H,3,5,8-21,23-24H2,1-2,4H3,(H,29,32);1H3/b22-6-,28-25?;. The van der Waals surface area contributed by atoms with Crippen LogP contribution in [0.3, 0.4) is 0 Å². The molecule has 0 fully saturated rings. The molecule has 0 unspecified atom stereocenters. The highest BCUT2D eigenvalue weighted by Crippen LogP contribution is 2.10. The highest BCUT2D eigenvalue weighted by atomic mass is 79.9. The second-order valence-corrected chi connectivity index (χ2v) is 8.50. The van der Waals surface area contributed by atoms with Crippen LogP contribution in [0.2, 0.25) is 0 Å². The predicted octanol–water partition coefficient (Wildman–Crippen LogP) is 6.71. The average Bonchev–Trinajstić information content (AvgIpc) is 2.88. The molecule has 0 aromatic carbocycles. The van der Waals surface area contributed by atoms with E-state index < -0.39 is 0 Å². The first-order chi connectivity index (χ1) is 17.1. The van der Waals surface area contributed by atoms with Gasteiger partial charge in [-0.3, -0.25) is 14.6 Å². The Morgan fingerprint density at radius 2 is 1.51 bits per heavy atom. The molecule has 0 aliphatic rings. The Morgan fingerprint density at radius 3 is 2.06 bits per heavy atom. The number of rotatable bonds is 22. The lowest BCUT2D eigenvalue weighted by atomic mass is 10.1. The van der Waals surface area contributed by atoms with E-state index in [0.717, 1.165) is 19.4 Å². The molecule has 0 aliphatic carbocycles. The molecule has 0 rings (SSSR count). The molecular formula is C28H53BrN4O2. The molecule has 35 heavy (non-hydrogen) atoms. The fourth-order valence-corrected chi connectivity index (χ4v) is 3.61. The molecule has 1 N–H and O–H groups in total. The van der Waals surface area contributed by atoms with Crippen molar-refractivity contribution in [2.24, 2.45) is 4.99 Å². The predicted molar refractivity (Wildman–Crippen MR) is 156 cm³/mol. The van der Waals surface area contributed by atoms with E-state index >= 15 is 0 Å². The maximum absolute atomic E-state index is 12.6. The molecule has 0 saturated heterocycles. The molecule has 0 saturated carbocycles. The summed E-state index contributed by atoms with van der Waals surface area (Å²) in [6, 6.07) is 0. The van der Waals surface area contributed by atoms with Crippen molar-refractivity contribution in [1.82, 2.24) is 15.1 Å². The Labute approximate surface area is 224 Å². The van der Waals surface area contributed by atoms with Gasteiger partial charge in [-0.25, -0.2) is 0 Å². The van der Waals surface area contributed by atoms with Crippen LogP contribution in [0.4, 0.5) is 0 Å². The Bertz CT molecular complexity index is 567. The lowest BCUT2D eigenvalue weighted by Crippen LogP contribution is -2.35. The number of alkyl halides is 1. The van der Waals surface area contributed by atoms with Crippen molar-refractivity contribution in [3.63, 3.8) is 0 Å². The van der Waals surface area contributed by atoms with Crippen molar-refractivity contribution in [2.45, 2.75) is 97.8 Å². The van der Waals surface area contributed by atoms with Crippen molar-refractivity contribution in [1.29, 1.82) is 0 Å². The number of carbonyl (C=O) groups excluding carboxylic acids is 2. The zero-order valence-electron chi connectivity index (χ0n) is 23.1. The van der Waals surface area contributed by atoms with Crippen LogP contribution in [0.1, 0.15) is 97.8 Å². The molecule has 0 heterocycles. The summed E-state index contributed by atoms with van der Waals surface area (Å²) in [5, 5.41) is 2.74. The van der Waals surface area contributed by atoms with Crippen molar-refractivity contribution >= 4 is 34.1 Å². The maximum Gasteiger partial charge on any atom is 0.243 e. The molecule has 0 spiro atoms. The third kappa shape index (κ3) is 23.9. The first-order valence-corrected chi connectivity index (χ1v) is 15.1. The third-order valence-electron chi connectivity index (χ3n) is 5.62. The zero-order valence-corrected chi connectivity index (χ0v) is 24.7. The van der Waals surface area contributed by atoms with E-state index in [1.54, 1.807) is 0 Å². The average molecular weight is 558 g/mol. The zero-order chi connectivity index (χ0) is 26.6. The fraction of sp³-hybridized carbons (Fsp3) is 0.750. The van der Waals surface area contributed by atoms with E-state index in [9.17, 15) is 9.59 Å². The smallest absolute Gasteiger partial charge is 0.243 e. The van der Waals surface area contributed by atoms with Crippen LogP contribution < -0.4 is 5.32 Å². The second kappa shape index (κ2) is 28.6. The lowest BCUT2D eigenvalue weighted by molar-refractivity contribution is -0.131. The maximum atomic E-state index is 12.6. The van der Waals surface area contributed by atoms with Gasteiger partial charge in [-0.2, -0.15) is 0 Å². The van der Waals surface area contributed by atoms with Crippen molar-refractivity contribution in [3.8, 4) is 0 Å². The van der Waals surface area contributed by atoms with E-state index in [1.165, 1.54) is 63.9 Å². The van der Waals surface area contributed by atoms with Gasteiger partial charge in [0.05, 0.1) is 6.34 Å². The van der Waals surface area contributed by atoms with E-state index in [-0.39, 0.29) is 11.8 Å². The van der Waals surface area contributed by atoms with Crippen LogP contribution in [0.5, 0.6) is 0 Å². The third-order valence-corrected chi connectivity index (χ3v) is 5.62. The summed E-state index contributed by atoms with van der Waals surface area (Å²) in [5.41, 5.74) is 0. The number of carbonyl (C=O) groups is 2. The largest absolute Gasteiger partial charge is 0.353 e. The number of hydrogen-bond acceptors (Lipinski definition) is 3. The molecule has 0 radical (unpaired) electrons. The van der Waals surface area contributed by atoms with E-state index in [0.29, 0.717) is 32.6 Å². The van der Waals surface area contributed by atoms with Gasteiger partial charge < -0.3 is 15.1 Å². The molecular weight excluding hydrogens is 504 g/mol. The van der Waals surface area contributed by atoms with Crippen LogP contribution in [0.25, 0.3) is 0 Å². The minimum absolute atomic E-state index is 0.130. The summed E-state index contributed by atoms with van der Waals surface area (Å²) >= 11 is 2.94. The normalized spacial score (nSPS) is 10.8. The first-order valence-electron chi connectivity index (χ1n) is 13.5. The minimum Gasteiger partial charge on any atom is -0.353 e. The van der Waals surface area contributed by atoms with Gasteiger partial charge in [0, 0.05) is 45.3 Å². The summed E-state index contributed by atoms with van der Waals surface area (Å²) in [6.45, 7) is 13.0. The fourth-order valence-electron chi connectivity index (χ4n) is 3.61. The van der Waals surface area contributed by atoms with Crippen LogP contribution in [-0.2, 0) is 9.59 Å². The number of unbranched alkanes of at least 4 members (excludes halogenated alkanes) is 9. The van der Waals surface area contributed by atoms with Crippen LogP contribution in [0, 0.1) is 0 Å². The number of halogens is 1. The monoisotopic (exact) mass is 556 g/mol. The number of amides is 2. The highest BCUT2D eigenvalue weighted by molar-refractivity contribution is 9.08. The SMILES string of the molecule is C=CC(=O)NCCCN(CC)C(=O)CCN(C=NCCCCCCCCCCCC)/C=C\C.CBr. The molecule has 2 amide bonds. The number of aliphatic imine (C=N–C) groups is 1. The minimum atomic E-state index is -0.177. The number of hydrogen-bond donors (Lipinski definition) is 1. The Kier molecular flexibility index (Phi) is 29.0.